The van der Waals surface area contributed by atoms with Gasteiger partial charge in [-0.25, -0.2) is 4.79 Å². The molecule has 1 N–H and O–H groups in total. The molecule has 3 nitrogen and oxygen atoms in total. The van der Waals surface area contributed by atoms with Crippen LogP contribution in [0.4, 0.5) is 0 Å². The number of carbonyl (C=O) groups is 1. The van der Waals surface area contributed by atoms with Gasteiger partial charge in [-0.1, -0.05) is 38.5 Å². The van der Waals surface area contributed by atoms with E-state index in [1.54, 1.807) is 13.0 Å². The predicted molar refractivity (Wildman–Crippen MR) is 76.8 cm³/mol. The van der Waals surface area contributed by atoms with E-state index in [4.69, 9.17) is 9.84 Å². The highest BCUT2D eigenvalue weighted by atomic mass is 16.5. The molecule has 0 atom stereocenters. The smallest absolute Gasteiger partial charge is 0.331 e. The predicted octanol–water partition coefficient (Wildman–Crippen LogP) is 3.70. The molecule has 0 aliphatic rings. The molecule has 0 heterocycles. The quantitative estimate of drug-likeness (QED) is 0.841. The van der Waals surface area contributed by atoms with Crippen molar-refractivity contribution in [3.8, 4) is 5.75 Å². The molecule has 0 spiro atoms. The maximum atomic E-state index is 10.7. The monoisotopic (exact) mass is 262 g/mol. The van der Waals surface area contributed by atoms with Crippen molar-refractivity contribution < 1.29 is 14.6 Å². The number of carboxylic acid groups (broad SMARTS) is 1. The first-order valence-electron chi connectivity index (χ1n) is 6.36. The number of benzene rings is 1. The van der Waals surface area contributed by atoms with Crippen molar-refractivity contribution in [3.05, 3.63) is 41.0 Å². The minimum absolute atomic E-state index is 0.00703. The normalized spacial score (nSPS) is 12.4. The molecule has 0 saturated carbocycles. The van der Waals surface area contributed by atoms with Crippen molar-refractivity contribution in [1.29, 1.82) is 0 Å². The van der Waals surface area contributed by atoms with Gasteiger partial charge in [-0.2, -0.15) is 0 Å². The Balaban J connectivity index is 2.90. The van der Waals surface area contributed by atoms with Crippen LogP contribution in [0.25, 0.3) is 0 Å². The van der Waals surface area contributed by atoms with E-state index in [1.165, 1.54) is 5.56 Å². The van der Waals surface area contributed by atoms with E-state index in [2.05, 4.69) is 26.8 Å². The molecular formula is C16H22O3. The summed E-state index contributed by atoms with van der Waals surface area (Å²) in [6.07, 6.45) is 1.58. The van der Waals surface area contributed by atoms with Gasteiger partial charge in [0, 0.05) is 5.57 Å². The maximum Gasteiger partial charge on any atom is 0.331 e. The summed E-state index contributed by atoms with van der Waals surface area (Å²) >= 11 is 0. The van der Waals surface area contributed by atoms with Crippen LogP contribution in [-0.2, 0) is 10.2 Å². The van der Waals surface area contributed by atoms with Gasteiger partial charge >= 0.3 is 5.97 Å². The van der Waals surface area contributed by atoms with E-state index in [9.17, 15) is 4.79 Å². The summed E-state index contributed by atoms with van der Waals surface area (Å²) in [6.45, 7) is 10.3. The molecule has 1 aromatic rings. The Kier molecular flexibility index (Phi) is 4.76. The fourth-order valence-corrected chi connectivity index (χ4v) is 1.70. The van der Waals surface area contributed by atoms with Gasteiger partial charge in [0.15, 0.2) is 0 Å². The van der Waals surface area contributed by atoms with Crippen molar-refractivity contribution in [1.82, 2.24) is 0 Å². The van der Waals surface area contributed by atoms with Gasteiger partial charge in [-0.15, -0.1) is 0 Å². The van der Waals surface area contributed by atoms with Crippen molar-refractivity contribution >= 4 is 5.97 Å². The Labute approximate surface area is 114 Å². The van der Waals surface area contributed by atoms with E-state index in [0.29, 0.717) is 5.57 Å². The van der Waals surface area contributed by atoms with Crippen molar-refractivity contribution in [2.24, 2.45) is 0 Å². The van der Waals surface area contributed by atoms with Gasteiger partial charge in [-0.05, 0) is 37.0 Å². The number of hydrogen-bond acceptors (Lipinski definition) is 2. The highest BCUT2D eigenvalue weighted by molar-refractivity contribution is 5.85. The summed E-state index contributed by atoms with van der Waals surface area (Å²) < 4.78 is 5.70. The fourth-order valence-electron chi connectivity index (χ4n) is 1.70. The molecule has 0 unspecified atom stereocenters. The number of aryl methyl sites for hydroxylation is 1. The minimum atomic E-state index is -0.913. The summed E-state index contributed by atoms with van der Waals surface area (Å²) in [6, 6.07) is 6.06. The minimum Gasteiger partial charge on any atom is -0.489 e. The third kappa shape index (κ3) is 4.43. The summed E-state index contributed by atoms with van der Waals surface area (Å²) in [5, 5.41) is 8.78. The molecular weight excluding hydrogens is 240 g/mol. The lowest BCUT2D eigenvalue weighted by molar-refractivity contribution is -0.132. The molecule has 0 fully saturated rings. The van der Waals surface area contributed by atoms with Gasteiger partial charge in [0.1, 0.15) is 12.4 Å². The SMILES string of the molecule is CC(=CCOc1ccc(C)cc1C(C)(C)C)C(=O)O. The Hall–Kier alpha value is -1.77. The van der Waals surface area contributed by atoms with E-state index in [0.717, 1.165) is 11.3 Å². The molecule has 0 amide bonds. The molecule has 104 valence electrons. The first kappa shape index (κ1) is 15.3. The molecule has 0 radical (unpaired) electrons. The second kappa shape index (κ2) is 5.91. The average molecular weight is 262 g/mol. The molecule has 1 aromatic carbocycles. The Morgan fingerprint density at radius 1 is 1.37 bits per heavy atom. The van der Waals surface area contributed by atoms with Gasteiger partial charge in [-0.3, -0.25) is 0 Å². The third-order valence-corrected chi connectivity index (χ3v) is 2.91. The highest BCUT2D eigenvalue weighted by Gasteiger charge is 2.18. The number of aliphatic carboxylic acids is 1. The maximum absolute atomic E-state index is 10.7. The van der Waals surface area contributed by atoms with E-state index < -0.39 is 5.97 Å². The zero-order valence-corrected chi connectivity index (χ0v) is 12.3. The second-order valence-corrected chi connectivity index (χ2v) is 5.75. The van der Waals surface area contributed by atoms with Crippen molar-refractivity contribution in [3.63, 3.8) is 0 Å². The van der Waals surface area contributed by atoms with Crippen LogP contribution in [0.3, 0.4) is 0 Å². The summed E-state index contributed by atoms with van der Waals surface area (Å²) in [7, 11) is 0. The van der Waals surface area contributed by atoms with Gasteiger partial charge in [0.2, 0.25) is 0 Å². The third-order valence-electron chi connectivity index (χ3n) is 2.91. The van der Waals surface area contributed by atoms with Gasteiger partial charge in [0.05, 0.1) is 0 Å². The molecule has 0 saturated heterocycles. The molecule has 1 rings (SSSR count). The average Bonchev–Trinajstić information content (AvgIpc) is 2.29. The first-order chi connectivity index (χ1) is 8.71. The van der Waals surface area contributed by atoms with Crippen LogP contribution in [0, 0.1) is 6.92 Å². The largest absolute Gasteiger partial charge is 0.489 e. The van der Waals surface area contributed by atoms with Crippen molar-refractivity contribution in [2.75, 3.05) is 6.61 Å². The van der Waals surface area contributed by atoms with E-state index >= 15 is 0 Å². The fraction of sp³-hybridized carbons (Fsp3) is 0.438. The summed E-state index contributed by atoms with van der Waals surface area (Å²) in [4.78, 5) is 10.7. The summed E-state index contributed by atoms with van der Waals surface area (Å²) in [5.74, 6) is -0.101. The number of rotatable bonds is 4. The van der Waals surface area contributed by atoms with E-state index in [1.807, 2.05) is 19.1 Å². The van der Waals surface area contributed by atoms with Crippen LogP contribution in [-0.4, -0.2) is 17.7 Å². The highest BCUT2D eigenvalue weighted by Crippen LogP contribution is 2.32. The topological polar surface area (TPSA) is 46.5 Å². The number of ether oxygens (including phenoxy) is 1. The van der Waals surface area contributed by atoms with Crippen LogP contribution >= 0.6 is 0 Å². The molecule has 19 heavy (non-hydrogen) atoms. The molecule has 3 heteroatoms. The van der Waals surface area contributed by atoms with Gasteiger partial charge < -0.3 is 9.84 Å². The zero-order chi connectivity index (χ0) is 14.6. The molecule has 0 aliphatic heterocycles. The lowest BCUT2D eigenvalue weighted by Gasteiger charge is -2.23. The summed E-state index contributed by atoms with van der Waals surface area (Å²) in [5.41, 5.74) is 2.61. The van der Waals surface area contributed by atoms with Crippen LogP contribution in [0.2, 0.25) is 0 Å². The van der Waals surface area contributed by atoms with Gasteiger partial charge in [0.25, 0.3) is 0 Å². The Morgan fingerprint density at radius 2 is 2.00 bits per heavy atom. The molecule has 0 bridgehead atoms. The first-order valence-corrected chi connectivity index (χ1v) is 6.36. The van der Waals surface area contributed by atoms with Crippen LogP contribution in [0.5, 0.6) is 5.75 Å². The standard InChI is InChI=1S/C16H22O3/c1-11-6-7-14(13(10-11)16(3,4)5)19-9-8-12(2)15(17)18/h6-8,10H,9H2,1-5H3,(H,17,18). The molecule has 0 aliphatic carbocycles. The Bertz CT molecular complexity index is 493. The van der Waals surface area contributed by atoms with Crippen LogP contribution in [0.1, 0.15) is 38.8 Å². The van der Waals surface area contributed by atoms with Crippen molar-refractivity contribution in [2.45, 2.75) is 40.0 Å². The lowest BCUT2D eigenvalue weighted by atomic mass is 9.85. The Morgan fingerprint density at radius 3 is 2.53 bits per heavy atom. The number of hydrogen-bond donors (Lipinski definition) is 1. The second-order valence-electron chi connectivity index (χ2n) is 5.75. The lowest BCUT2D eigenvalue weighted by Crippen LogP contribution is -2.14. The van der Waals surface area contributed by atoms with E-state index in [-0.39, 0.29) is 12.0 Å². The molecule has 0 aromatic heterocycles. The zero-order valence-electron chi connectivity index (χ0n) is 12.3. The van der Waals surface area contributed by atoms with Crippen LogP contribution in [0.15, 0.2) is 29.8 Å². The van der Waals surface area contributed by atoms with Crippen LogP contribution < -0.4 is 4.74 Å². The number of carboxylic acids is 1.